The fourth-order valence-electron chi connectivity index (χ4n) is 3.25. The van der Waals surface area contributed by atoms with E-state index in [1.54, 1.807) is 6.20 Å². The molecule has 0 heterocycles. The van der Waals surface area contributed by atoms with Gasteiger partial charge in [-0.3, -0.25) is 9.79 Å². The van der Waals surface area contributed by atoms with Crippen molar-refractivity contribution in [3.63, 3.8) is 0 Å². The molecule has 2 aromatic rings. The Bertz CT molecular complexity index is 1130. The normalized spacial score (nSPS) is 15.4. The number of allylic oxidation sites excluding steroid dienone is 5. The summed E-state index contributed by atoms with van der Waals surface area (Å²) < 4.78 is 12.6. The number of nitrogens with one attached hydrogen (secondary N) is 1. The Hall–Kier alpha value is -4.06. The molecule has 0 saturated carbocycles. The molecule has 0 atom stereocenters. The van der Waals surface area contributed by atoms with E-state index in [0.29, 0.717) is 12.2 Å². The van der Waals surface area contributed by atoms with Gasteiger partial charge in [-0.2, -0.15) is 0 Å². The number of halogens is 1. The van der Waals surface area contributed by atoms with Crippen molar-refractivity contribution >= 4 is 41.0 Å². The third kappa shape index (κ3) is 5.55. The summed E-state index contributed by atoms with van der Waals surface area (Å²) in [6, 6.07) is 15.1. The number of nitrogens with zero attached hydrogens (tertiary/aromatic N) is 3. The number of aliphatic imine (C=N–C) groups is 2. The summed E-state index contributed by atoms with van der Waals surface area (Å²) in [5.74, 6) is -0.275. The van der Waals surface area contributed by atoms with Crippen molar-refractivity contribution in [3.05, 3.63) is 96.8 Å². The van der Waals surface area contributed by atoms with Gasteiger partial charge in [-0.15, -0.1) is 0 Å². The van der Waals surface area contributed by atoms with E-state index < -0.39 is 6.67 Å². The summed E-state index contributed by atoms with van der Waals surface area (Å²) >= 11 is 0. The molecular formula is C26H25FN4O. The third-order valence-corrected chi connectivity index (χ3v) is 4.88. The number of alkyl halides is 1. The maximum atomic E-state index is 12.6. The predicted molar refractivity (Wildman–Crippen MR) is 133 cm³/mol. The van der Waals surface area contributed by atoms with E-state index in [0.717, 1.165) is 33.8 Å². The highest BCUT2D eigenvalue weighted by atomic mass is 19.1. The molecule has 0 unspecified atom stereocenters. The van der Waals surface area contributed by atoms with Gasteiger partial charge in [-0.1, -0.05) is 36.9 Å². The van der Waals surface area contributed by atoms with Gasteiger partial charge >= 0.3 is 0 Å². The molecule has 1 N–H and O–H groups in total. The average Bonchev–Trinajstić information content (AvgIpc) is 2.81. The van der Waals surface area contributed by atoms with Crippen LogP contribution in [0.4, 0.5) is 21.5 Å². The van der Waals surface area contributed by atoms with Gasteiger partial charge in [-0.05, 0) is 54.8 Å². The third-order valence-electron chi connectivity index (χ3n) is 4.88. The van der Waals surface area contributed by atoms with E-state index in [4.69, 9.17) is 4.99 Å². The molecule has 2 aromatic carbocycles. The molecule has 0 spiro atoms. The Morgan fingerprint density at radius 3 is 2.69 bits per heavy atom. The number of amides is 1. The van der Waals surface area contributed by atoms with Crippen LogP contribution in [0.1, 0.15) is 5.56 Å². The highest BCUT2D eigenvalue weighted by molar-refractivity contribution is 6.34. The van der Waals surface area contributed by atoms with Crippen LogP contribution in [0.15, 0.2) is 101 Å². The van der Waals surface area contributed by atoms with Crippen molar-refractivity contribution in [1.29, 1.82) is 0 Å². The Kier molecular flexibility index (Phi) is 7.65. The smallest absolute Gasteiger partial charge is 0.247 e. The van der Waals surface area contributed by atoms with Crippen molar-refractivity contribution < 1.29 is 9.18 Å². The Morgan fingerprint density at radius 2 is 2.00 bits per heavy atom. The molecule has 0 aromatic heterocycles. The van der Waals surface area contributed by atoms with E-state index in [9.17, 15) is 9.18 Å². The number of anilines is 2. The van der Waals surface area contributed by atoms with Crippen molar-refractivity contribution in [2.24, 2.45) is 9.98 Å². The molecule has 0 fully saturated rings. The minimum absolute atomic E-state index is 0.275. The number of hydrogen-bond donors (Lipinski definition) is 1. The van der Waals surface area contributed by atoms with E-state index in [-0.39, 0.29) is 5.91 Å². The zero-order valence-electron chi connectivity index (χ0n) is 18.0. The van der Waals surface area contributed by atoms with Gasteiger partial charge in [0.25, 0.3) is 0 Å². The maximum absolute atomic E-state index is 12.6. The minimum Gasteiger partial charge on any atom is -0.372 e. The molecule has 162 valence electrons. The Morgan fingerprint density at radius 1 is 1.22 bits per heavy atom. The first-order chi connectivity index (χ1) is 15.5. The molecule has 0 saturated heterocycles. The summed E-state index contributed by atoms with van der Waals surface area (Å²) in [6.07, 6.45) is 8.71. The van der Waals surface area contributed by atoms with E-state index in [1.165, 1.54) is 6.08 Å². The first-order valence-electron chi connectivity index (χ1n) is 10.1. The molecule has 1 aliphatic carbocycles. The van der Waals surface area contributed by atoms with Crippen LogP contribution in [0.25, 0.3) is 5.57 Å². The van der Waals surface area contributed by atoms with Gasteiger partial charge in [-0.25, -0.2) is 9.38 Å². The summed E-state index contributed by atoms with van der Waals surface area (Å²) in [5, 5.41) is 2.78. The molecule has 1 aliphatic rings. The van der Waals surface area contributed by atoms with E-state index in [2.05, 4.69) is 23.6 Å². The standard InChI is InChI=1S/C26H25FN4O/c1-4-25(32)29-22-9-5-7-19(17-22)24-10-6-8-20(18-28-2)26(24)30-21-11-13-23(14-12-21)31(3)16-15-27/h4-14,17-18H,1-2,15-16H2,3H3,(H,29,32)/b20-18-,30-26+. The molecular weight excluding hydrogens is 403 g/mol. The summed E-state index contributed by atoms with van der Waals surface area (Å²) in [5.41, 5.74) is 5.66. The summed E-state index contributed by atoms with van der Waals surface area (Å²) in [7, 11) is 1.85. The van der Waals surface area contributed by atoms with Crippen LogP contribution in [0.3, 0.4) is 0 Å². The lowest BCUT2D eigenvalue weighted by atomic mass is 9.91. The number of benzene rings is 2. The Balaban J connectivity index is 2.00. The monoisotopic (exact) mass is 428 g/mol. The first-order valence-corrected chi connectivity index (χ1v) is 10.1. The number of rotatable bonds is 8. The second kappa shape index (κ2) is 10.8. The van der Waals surface area contributed by atoms with Gasteiger partial charge in [0.1, 0.15) is 6.67 Å². The lowest BCUT2D eigenvalue weighted by Crippen LogP contribution is -2.19. The highest BCUT2D eigenvalue weighted by Crippen LogP contribution is 2.30. The van der Waals surface area contributed by atoms with Gasteiger partial charge < -0.3 is 10.2 Å². The van der Waals surface area contributed by atoms with Crippen LogP contribution in [0.5, 0.6) is 0 Å². The van der Waals surface area contributed by atoms with Crippen LogP contribution in [-0.4, -0.2) is 38.6 Å². The van der Waals surface area contributed by atoms with Crippen molar-refractivity contribution in [1.82, 2.24) is 0 Å². The first kappa shape index (κ1) is 22.6. The van der Waals surface area contributed by atoms with Crippen LogP contribution in [0, 0.1) is 0 Å². The zero-order chi connectivity index (χ0) is 22.9. The molecule has 0 bridgehead atoms. The number of carbonyl (C=O) groups excluding carboxylic acids is 1. The SMILES string of the molecule is C=CC(=O)Nc1cccc(C2=CC=CC(=C/N=C)/C2=N\c2ccc(N(C)CCF)cc2)c1. The van der Waals surface area contributed by atoms with Crippen molar-refractivity contribution in [2.75, 3.05) is 30.5 Å². The lowest BCUT2D eigenvalue weighted by Gasteiger charge is -2.18. The van der Waals surface area contributed by atoms with Crippen LogP contribution >= 0.6 is 0 Å². The van der Waals surface area contributed by atoms with E-state index in [1.807, 2.05) is 78.7 Å². The van der Waals surface area contributed by atoms with Gasteiger partial charge in [0.15, 0.2) is 0 Å². The fourth-order valence-corrected chi connectivity index (χ4v) is 3.25. The van der Waals surface area contributed by atoms with Crippen LogP contribution in [0.2, 0.25) is 0 Å². The molecule has 5 nitrogen and oxygen atoms in total. The zero-order valence-corrected chi connectivity index (χ0v) is 18.0. The highest BCUT2D eigenvalue weighted by Gasteiger charge is 2.17. The number of hydrogen-bond acceptors (Lipinski definition) is 4. The summed E-state index contributed by atoms with van der Waals surface area (Å²) in [4.78, 5) is 22.3. The molecule has 0 radical (unpaired) electrons. The molecule has 0 aliphatic heterocycles. The molecule has 3 rings (SSSR count). The van der Waals surface area contributed by atoms with Gasteiger partial charge in [0, 0.05) is 42.3 Å². The fraction of sp³-hybridized carbons (Fsp3) is 0.115. The topological polar surface area (TPSA) is 57.1 Å². The number of carbonyl (C=O) groups is 1. The van der Waals surface area contributed by atoms with Crippen LogP contribution < -0.4 is 10.2 Å². The quantitative estimate of drug-likeness (QED) is 0.444. The molecule has 1 amide bonds. The predicted octanol–water partition coefficient (Wildman–Crippen LogP) is 5.53. The van der Waals surface area contributed by atoms with Crippen molar-refractivity contribution in [3.8, 4) is 0 Å². The largest absolute Gasteiger partial charge is 0.372 e. The lowest BCUT2D eigenvalue weighted by molar-refractivity contribution is -0.111. The molecule has 6 heteroatoms. The van der Waals surface area contributed by atoms with Gasteiger partial charge in [0.2, 0.25) is 5.91 Å². The average molecular weight is 429 g/mol. The van der Waals surface area contributed by atoms with Crippen LogP contribution in [-0.2, 0) is 4.79 Å². The summed E-state index contributed by atoms with van der Waals surface area (Å²) in [6.45, 7) is 6.99. The second-order valence-corrected chi connectivity index (χ2v) is 7.07. The maximum Gasteiger partial charge on any atom is 0.247 e. The minimum atomic E-state index is -0.407. The second-order valence-electron chi connectivity index (χ2n) is 7.07. The van der Waals surface area contributed by atoms with Gasteiger partial charge in [0.05, 0.1) is 11.4 Å². The van der Waals surface area contributed by atoms with E-state index >= 15 is 0 Å². The Labute approximate surface area is 187 Å². The molecule has 32 heavy (non-hydrogen) atoms. The van der Waals surface area contributed by atoms with Crippen molar-refractivity contribution in [2.45, 2.75) is 0 Å².